The van der Waals surface area contributed by atoms with Crippen LogP contribution in [0.1, 0.15) is 46.0 Å². The van der Waals surface area contributed by atoms with Crippen molar-refractivity contribution < 1.29 is 0 Å². The molecule has 2 nitrogen and oxygen atoms in total. The highest BCUT2D eigenvalue weighted by Gasteiger charge is 2.30. The molecule has 1 aliphatic heterocycles. The summed E-state index contributed by atoms with van der Waals surface area (Å²) in [4.78, 5) is 0. The molecule has 1 saturated carbocycles. The molecule has 2 heteroatoms. The van der Waals surface area contributed by atoms with Crippen LogP contribution in [0.15, 0.2) is 23.4 Å². The molecular formula is C15H22N2. The molecule has 0 aromatic carbocycles. The van der Waals surface area contributed by atoms with E-state index in [4.69, 9.17) is 0 Å². The third kappa shape index (κ3) is 2.72. The van der Waals surface area contributed by atoms with Gasteiger partial charge in [-0.2, -0.15) is 5.26 Å². The van der Waals surface area contributed by atoms with Crippen molar-refractivity contribution in [1.82, 2.24) is 5.32 Å². The Hall–Kier alpha value is -1.23. The summed E-state index contributed by atoms with van der Waals surface area (Å²) in [5, 5.41) is 12.9. The molecule has 0 aromatic heterocycles. The summed E-state index contributed by atoms with van der Waals surface area (Å²) in [7, 11) is 0. The average molecular weight is 230 g/mol. The summed E-state index contributed by atoms with van der Waals surface area (Å²) < 4.78 is 0. The van der Waals surface area contributed by atoms with Gasteiger partial charge in [-0.1, -0.05) is 19.9 Å². The lowest BCUT2D eigenvalue weighted by atomic mass is 9.78. The maximum atomic E-state index is 9.34. The largest absolute Gasteiger partial charge is 0.384 e. The third-order valence-electron chi connectivity index (χ3n) is 4.19. The number of nitrogens with one attached hydrogen (secondary N) is 1. The lowest BCUT2D eigenvalue weighted by molar-refractivity contribution is 0.358. The van der Waals surface area contributed by atoms with E-state index in [1.807, 2.05) is 0 Å². The molecule has 1 N–H and O–H groups in total. The SMILES string of the molecule is CCC(C#N)(CC)CC1=CC=C(C2CC2)NC1. The van der Waals surface area contributed by atoms with E-state index in [-0.39, 0.29) is 5.41 Å². The number of hydrogen-bond acceptors (Lipinski definition) is 2. The third-order valence-corrected chi connectivity index (χ3v) is 4.19. The molecule has 2 aliphatic rings. The molecule has 1 aliphatic carbocycles. The summed E-state index contributed by atoms with van der Waals surface area (Å²) in [6, 6.07) is 2.52. The van der Waals surface area contributed by atoms with Crippen molar-refractivity contribution >= 4 is 0 Å². The second-order valence-corrected chi connectivity index (χ2v) is 5.35. The van der Waals surface area contributed by atoms with Gasteiger partial charge in [-0.05, 0) is 49.7 Å². The summed E-state index contributed by atoms with van der Waals surface area (Å²) in [6.07, 6.45) is 9.94. The van der Waals surface area contributed by atoms with Gasteiger partial charge in [0.1, 0.15) is 0 Å². The maximum absolute atomic E-state index is 9.34. The van der Waals surface area contributed by atoms with E-state index in [0.717, 1.165) is 31.7 Å². The zero-order chi connectivity index (χ0) is 12.3. The quantitative estimate of drug-likeness (QED) is 0.784. The summed E-state index contributed by atoms with van der Waals surface area (Å²) in [5.41, 5.74) is 2.63. The van der Waals surface area contributed by atoms with E-state index in [0.29, 0.717) is 0 Å². The van der Waals surface area contributed by atoms with Gasteiger partial charge in [0.2, 0.25) is 0 Å². The van der Waals surface area contributed by atoms with Crippen molar-refractivity contribution in [2.45, 2.75) is 46.0 Å². The summed E-state index contributed by atoms with van der Waals surface area (Å²) in [6.45, 7) is 5.18. The monoisotopic (exact) mass is 230 g/mol. The predicted octanol–water partition coefficient (Wildman–Crippen LogP) is 3.53. The second-order valence-electron chi connectivity index (χ2n) is 5.35. The van der Waals surface area contributed by atoms with Crippen molar-refractivity contribution in [3.63, 3.8) is 0 Å². The van der Waals surface area contributed by atoms with Crippen LogP contribution in [0, 0.1) is 22.7 Å². The van der Waals surface area contributed by atoms with Gasteiger partial charge in [0.15, 0.2) is 0 Å². The first-order valence-electron chi connectivity index (χ1n) is 6.77. The number of rotatable bonds is 5. The Morgan fingerprint density at radius 1 is 1.35 bits per heavy atom. The van der Waals surface area contributed by atoms with Crippen LogP contribution in [0.4, 0.5) is 0 Å². The Balaban J connectivity index is 2.02. The Morgan fingerprint density at radius 3 is 2.47 bits per heavy atom. The maximum Gasteiger partial charge on any atom is 0.0692 e. The van der Waals surface area contributed by atoms with Gasteiger partial charge < -0.3 is 5.32 Å². The lowest BCUT2D eigenvalue weighted by Gasteiger charge is -2.26. The number of allylic oxidation sites excluding steroid dienone is 3. The van der Waals surface area contributed by atoms with Crippen LogP contribution < -0.4 is 5.32 Å². The van der Waals surface area contributed by atoms with Gasteiger partial charge in [-0.3, -0.25) is 0 Å². The van der Waals surface area contributed by atoms with Gasteiger partial charge in [0.05, 0.1) is 11.5 Å². The molecule has 1 heterocycles. The topological polar surface area (TPSA) is 35.8 Å². The Labute approximate surface area is 104 Å². The zero-order valence-electron chi connectivity index (χ0n) is 10.9. The molecule has 0 amide bonds. The number of dihydropyridines is 1. The highest BCUT2D eigenvalue weighted by molar-refractivity contribution is 5.28. The highest BCUT2D eigenvalue weighted by Crippen LogP contribution is 2.37. The first-order valence-corrected chi connectivity index (χ1v) is 6.77. The van der Waals surface area contributed by atoms with Crippen LogP contribution >= 0.6 is 0 Å². The van der Waals surface area contributed by atoms with Crippen molar-refractivity contribution in [2.75, 3.05) is 6.54 Å². The minimum absolute atomic E-state index is 0.154. The molecule has 0 bridgehead atoms. The Kier molecular flexibility index (Phi) is 3.57. The molecule has 0 saturated heterocycles. The van der Waals surface area contributed by atoms with E-state index in [9.17, 15) is 5.26 Å². The molecule has 17 heavy (non-hydrogen) atoms. The molecule has 1 fully saturated rings. The van der Waals surface area contributed by atoms with Crippen molar-refractivity contribution in [1.29, 1.82) is 5.26 Å². The lowest BCUT2D eigenvalue weighted by Crippen LogP contribution is -2.25. The van der Waals surface area contributed by atoms with Crippen molar-refractivity contribution in [3.8, 4) is 6.07 Å². The highest BCUT2D eigenvalue weighted by atomic mass is 14.9. The molecule has 0 spiro atoms. The Bertz CT molecular complexity index is 376. The van der Waals surface area contributed by atoms with Gasteiger partial charge in [-0.15, -0.1) is 0 Å². The molecule has 2 rings (SSSR count). The number of hydrogen-bond donors (Lipinski definition) is 1. The van der Waals surface area contributed by atoms with E-state index in [1.165, 1.54) is 24.1 Å². The first-order chi connectivity index (χ1) is 8.23. The van der Waals surface area contributed by atoms with Gasteiger partial charge in [-0.25, -0.2) is 0 Å². The van der Waals surface area contributed by atoms with Crippen molar-refractivity contribution in [2.24, 2.45) is 11.3 Å². The number of nitrogens with zero attached hydrogens (tertiary/aromatic N) is 1. The van der Waals surface area contributed by atoms with Crippen LogP contribution in [0.3, 0.4) is 0 Å². The fourth-order valence-electron chi connectivity index (χ4n) is 2.47. The minimum atomic E-state index is -0.154. The predicted molar refractivity (Wildman–Crippen MR) is 70.1 cm³/mol. The average Bonchev–Trinajstić information content (AvgIpc) is 3.21. The Morgan fingerprint density at radius 2 is 2.06 bits per heavy atom. The molecule has 92 valence electrons. The molecule has 0 radical (unpaired) electrons. The minimum Gasteiger partial charge on any atom is -0.384 e. The van der Waals surface area contributed by atoms with Gasteiger partial charge in [0, 0.05) is 12.2 Å². The van der Waals surface area contributed by atoms with Crippen LogP contribution in [0.25, 0.3) is 0 Å². The zero-order valence-corrected chi connectivity index (χ0v) is 10.9. The van der Waals surface area contributed by atoms with Crippen molar-refractivity contribution in [3.05, 3.63) is 23.4 Å². The molecule has 0 atom stereocenters. The summed E-state index contributed by atoms with van der Waals surface area (Å²) >= 11 is 0. The van der Waals surface area contributed by atoms with E-state index in [1.54, 1.807) is 0 Å². The normalized spacial score (nSPS) is 20.1. The van der Waals surface area contributed by atoms with E-state index in [2.05, 4.69) is 37.4 Å². The molecule has 0 unspecified atom stereocenters. The first kappa shape index (κ1) is 12.2. The van der Waals surface area contributed by atoms with Crippen LogP contribution in [0.2, 0.25) is 0 Å². The molecule has 0 aromatic rings. The smallest absolute Gasteiger partial charge is 0.0692 e. The van der Waals surface area contributed by atoms with Crippen LogP contribution in [0.5, 0.6) is 0 Å². The standard InChI is InChI=1S/C15H22N2/c1-3-15(4-2,11-16)9-12-5-8-14(17-10-12)13-6-7-13/h5,8,13,17H,3-4,6-7,9-10H2,1-2H3. The number of nitriles is 1. The van der Waals surface area contributed by atoms with Crippen LogP contribution in [-0.2, 0) is 0 Å². The van der Waals surface area contributed by atoms with Gasteiger partial charge >= 0.3 is 0 Å². The van der Waals surface area contributed by atoms with Crippen LogP contribution in [-0.4, -0.2) is 6.54 Å². The fourth-order valence-corrected chi connectivity index (χ4v) is 2.47. The fraction of sp³-hybridized carbons (Fsp3) is 0.667. The van der Waals surface area contributed by atoms with Gasteiger partial charge in [0.25, 0.3) is 0 Å². The molecular weight excluding hydrogens is 208 g/mol. The van der Waals surface area contributed by atoms with E-state index >= 15 is 0 Å². The summed E-state index contributed by atoms with van der Waals surface area (Å²) in [5.74, 6) is 0.797. The van der Waals surface area contributed by atoms with E-state index < -0.39 is 0 Å². The second kappa shape index (κ2) is 4.96.